The number of halogens is 4. The van der Waals surface area contributed by atoms with Gasteiger partial charge >= 0.3 is 6.18 Å². The van der Waals surface area contributed by atoms with Crippen molar-refractivity contribution in [2.24, 2.45) is 0 Å². The molecule has 8 heteroatoms. The van der Waals surface area contributed by atoms with Crippen LogP contribution < -0.4 is 10.1 Å². The van der Waals surface area contributed by atoms with Crippen molar-refractivity contribution < 1.29 is 27.1 Å². The van der Waals surface area contributed by atoms with E-state index < -0.39 is 24.0 Å². The normalized spacial score (nSPS) is 15.7. The van der Waals surface area contributed by atoms with Gasteiger partial charge in [0.05, 0.1) is 5.41 Å². The van der Waals surface area contributed by atoms with E-state index in [2.05, 4.69) is 15.0 Å². The summed E-state index contributed by atoms with van der Waals surface area (Å²) in [5.41, 5.74) is 0.435. The zero-order chi connectivity index (χ0) is 19.5. The maximum absolute atomic E-state index is 13.5. The molecule has 1 aromatic carbocycles. The summed E-state index contributed by atoms with van der Waals surface area (Å²) in [6, 6.07) is 8.93. The van der Waals surface area contributed by atoms with Crippen LogP contribution in [0.3, 0.4) is 0 Å². The van der Waals surface area contributed by atoms with Crippen molar-refractivity contribution in [3.8, 4) is 5.88 Å². The van der Waals surface area contributed by atoms with Crippen LogP contribution >= 0.6 is 0 Å². The Kier molecular flexibility index (Phi) is 5.34. The van der Waals surface area contributed by atoms with E-state index in [1.807, 2.05) is 0 Å². The van der Waals surface area contributed by atoms with Crippen molar-refractivity contribution in [2.75, 3.05) is 6.61 Å². The van der Waals surface area contributed by atoms with Crippen LogP contribution in [0.2, 0.25) is 0 Å². The maximum atomic E-state index is 13.5. The molecule has 0 spiro atoms. The van der Waals surface area contributed by atoms with Gasteiger partial charge in [0.15, 0.2) is 6.61 Å². The quantitative estimate of drug-likeness (QED) is 0.771. The number of benzene rings is 1. The van der Waals surface area contributed by atoms with Crippen molar-refractivity contribution in [2.45, 2.75) is 37.4 Å². The molecular weight excluding hydrogens is 364 g/mol. The summed E-state index contributed by atoms with van der Waals surface area (Å²) in [5.74, 6) is -0.788. The van der Waals surface area contributed by atoms with Crippen LogP contribution in [0.5, 0.6) is 5.88 Å². The van der Waals surface area contributed by atoms with Gasteiger partial charge in [0.25, 0.3) is 0 Å². The van der Waals surface area contributed by atoms with E-state index >= 15 is 0 Å². The smallest absolute Gasteiger partial charge is 0.422 e. The Morgan fingerprint density at radius 2 is 2.00 bits per heavy atom. The molecule has 1 heterocycles. The molecule has 27 heavy (non-hydrogen) atoms. The zero-order valence-corrected chi connectivity index (χ0v) is 14.4. The molecule has 0 atom stereocenters. The Morgan fingerprint density at radius 3 is 2.63 bits per heavy atom. The second kappa shape index (κ2) is 7.54. The molecule has 0 unspecified atom stereocenters. The first-order chi connectivity index (χ1) is 12.8. The molecule has 0 saturated heterocycles. The average Bonchev–Trinajstić information content (AvgIpc) is 2.57. The van der Waals surface area contributed by atoms with Gasteiger partial charge in [-0.2, -0.15) is 13.2 Å². The van der Waals surface area contributed by atoms with Crippen molar-refractivity contribution in [1.29, 1.82) is 0 Å². The maximum Gasteiger partial charge on any atom is 0.422 e. The first kappa shape index (κ1) is 19.1. The molecule has 1 amide bonds. The lowest BCUT2D eigenvalue weighted by atomic mass is 9.64. The van der Waals surface area contributed by atoms with Gasteiger partial charge in [0.2, 0.25) is 11.8 Å². The minimum atomic E-state index is -4.45. The SMILES string of the molecule is O=C(NCc1ccnc(OCC(F)(F)F)c1)C1(c2cccc(F)c2)CCC1. The second-order valence-electron chi connectivity index (χ2n) is 6.53. The molecule has 1 fully saturated rings. The van der Waals surface area contributed by atoms with Gasteiger partial charge in [0.1, 0.15) is 5.82 Å². The Morgan fingerprint density at radius 1 is 1.22 bits per heavy atom. The number of hydrogen-bond acceptors (Lipinski definition) is 3. The van der Waals surface area contributed by atoms with Crippen LogP contribution in [0.15, 0.2) is 42.6 Å². The molecule has 0 aliphatic heterocycles. The topological polar surface area (TPSA) is 51.2 Å². The molecular formula is C19H18F4N2O2. The molecule has 3 rings (SSSR count). The first-order valence-electron chi connectivity index (χ1n) is 8.47. The summed E-state index contributed by atoms with van der Waals surface area (Å²) in [6.07, 6.45) is -1.02. The first-order valence-corrected chi connectivity index (χ1v) is 8.47. The van der Waals surface area contributed by atoms with Gasteiger partial charge in [0, 0.05) is 18.8 Å². The lowest BCUT2D eigenvalue weighted by molar-refractivity contribution is -0.154. The molecule has 1 aromatic heterocycles. The Hall–Kier alpha value is -2.64. The van der Waals surface area contributed by atoms with Crippen molar-refractivity contribution >= 4 is 5.91 Å². The van der Waals surface area contributed by atoms with Crippen LogP contribution in [0.4, 0.5) is 17.6 Å². The molecule has 1 aliphatic rings. The van der Waals surface area contributed by atoms with Crippen LogP contribution in [0.25, 0.3) is 0 Å². The predicted octanol–water partition coefficient (Wildman–Crippen LogP) is 3.90. The van der Waals surface area contributed by atoms with Gasteiger partial charge in [-0.3, -0.25) is 4.79 Å². The van der Waals surface area contributed by atoms with Gasteiger partial charge < -0.3 is 10.1 Å². The van der Waals surface area contributed by atoms with E-state index in [0.29, 0.717) is 24.0 Å². The number of ether oxygens (including phenoxy) is 1. The van der Waals surface area contributed by atoms with Crippen molar-refractivity contribution in [1.82, 2.24) is 10.3 Å². The second-order valence-corrected chi connectivity index (χ2v) is 6.53. The van der Waals surface area contributed by atoms with Crippen LogP contribution in [-0.2, 0) is 16.8 Å². The summed E-state index contributed by atoms with van der Waals surface area (Å²) in [7, 11) is 0. The van der Waals surface area contributed by atoms with Crippen LogP contribution in [-0.4, -0.2) is 23.7 Å². The Labute approximate surface area is 153 Å². The van der Waals surface area contributed by atoms with E-state index in [0.717, 1.165) is 6.42 Å². The van der Waals surface area contributed by atoms with Crippen molar-refractivity contribution in [3.05, 3.63) is 59.5 Å². The average molecular weight is 382 g/mol. The largest absolute Gasteiger partial charge is 0.468 e. The number of pyridine rings is 1. The predicted molar refractivity (Wildman–Crippen MR) is 89.6 cm³/mol. The fourth-order valence-corrected chi connectivity index (χ4v) is 3.11. The third kappa shape index (κ3) is 4.56. The third-order valence-corrected chi connectivity index (χ3v) is 4.65. The molecule has 4 nitrogen and oxygen atoms in total. The highest BCUT2D eigenvalue weighted by Crippen LogP contribution is 2.44. The Bertz CT molecular complexity index is 819. The molecule has 0 bridgehead atoms. The molecule has 1 saturated carbocycles. The van der Waals surface area contributed by atoms with Crippen LogP contribution in [0.1, 0.15) is 30.4 Å². The molecule has 144 valence electrons. The minimum absolute atomic E-state index is 0.112. The van der Waals surface area contributed by atoms with E-state index in [1.165, 1.54) is 24.4 Å². The summed E-state index contributed by atoms with van der Waals surface area (Å²) >= 11 is 0. The highest BCUT2D eigenvalue weighted by Gasteiger charge is 2.45. The van der Waals surface area contributed by atoms with Gasteiger partial charge in [-0.25, -0.2) is 9.37 Å². The number of carbonyl (C=O) groups excluding carboxylic acids is 1. The number of amides is 1. The summed E-state index contributed by atoms with van der Waals surface area (Å²) in [5, 5.41) is 2.79. The molecule has 1 aliphatic carbocycles. The number of aromatic nitrogens is 1. The zero-order valence-electron chi connectivity index (χ0n) is 14.4. The van der Waals surface area contributed by atoms with Crippen LogP contribution in [0, 0.1) is 5.82 Å². The highest BCUT2D eigenvalue weighted by atomic mass is 19.4. The van der Waals surface area contributed by atoms with E-state index in [9.17, 15) is 22.4 Å². The monoisotopic (exact) mass is 382 g/mol. The summed E-state index contributed by atoms with van der Waals surface area (Å²) in [4.78, 5) is 16.5. The lowest BCUT2D eigenvalue weighted by Gasteiger charge is -2.40. The molecule has 1 N–H and O–H groups in total. The van der Waals surface area contributed by atoms with E-state index in [4.69, 9.17) is 0 Å². The lowest BCUT2D eigenvalue weighted by Crippen LogP contribution is -2.49. The molecule has 2 aromatic rings. The van der Waals surface area contributed by atoms with Gasteiger partial charge in [-0.1, -0.05) is 18.6 Å². The number of alkyl halides is 3. The van der Waals surface area contributed by atoms with E-state index in [-0.39, 0.29) is 18.3 Å². The number of nitrogens with one attached hydrogen (secondary N) is 1. The standard InChI is InChI=1S/C19H18F4N2O2/c20-15-4-1-3-14(10-15)18(6-2-7-18)17(26)25-11-13-5-8-24-16(9-13)27-12-19(21,22)23/h1,3-5,8-10H,2,6-7,11-12H2,(H,25,26). The fourth-order valence-electron chi connectivity index (χ4n) is 3.11. The van der Waals surface area contributed by atoms with Gasteiger partial charge in [-0.05, 0) is 42.2 Å². The number of hydrogen-bond donors (Lipinski definition) is 1. The van der Waals surface area contributed by atoms with Gasteiger partial charge in [-0.15, -0.1) is 0 Å². The summed E-state index contributed by atoms with van der Waals surface area (Å²) < 4.78 is 54.8. The third-order valence-electron chi connectivity index (χ3n) is 4.65. The van der Waals surface area contributed by atoms with Crippen molar-refractivity contribution in [3.63, 3.8) is 0 Å². The number of carbonyl (C=O) groups is 1. The number of rotatable bonds is 6. The molecule has 0 radical (unpaired) electrons. The number of nitrogens with zero attached hydrogens (tertiary/aromatic N) is 1. The highest BCUT2D eigenvalue weighted by molar-refractivity contribution is 5.89. The summed E-state index contributed by atoms with van der Waals surface area (Å²) in [6.45, 7) is -1.32. The fraction of sp³-hybridized carbons (Fsp3) is 0.368. The van der Waals surface area contributed by atoms with E-state index in [1.54, 1.807) is 18.2 Å². The Balaban J connectivity index is 1.65. The minimum Gasteiger partial charge on any atom is -0.468 e.